The zero-order chi connectivity index (χ0) is 19.2. The number of esters is 1. The number of nitrogens with zero attached hydrogens (tertiary/aromatic N) is 1. The van der Waals surface area contributed by atoms with Gasteiger partial charge in [-0.05, 0) is 42.9 Å². The van der Waals surface area contributed by atoms with Crippen LogP contribution in [0.2, 0.25) is 0 Å². The number of hydrogen-bond acceptors (Lipinski definition) is 6. The van der Waals surface area contributed by atoms with E-state index in [-0.39, 0.29) is 12.4 Å². The first kappa shape index (κ1) is 19.5. The van der Waals surface area contributed by atoms with Gasteiger partial charge in [0.15, 0.2) is 6.61 Å². The van der Waals surface area contributed by atoms with E-state index in [1.165, 1.54) is 28.0 Å². The maximum Gasteiger partial charge on any atom is 0.316 e. The van der Waals surface area contributed by atoms with Crippen molar-refractivity contribution in [3.63, 3.8) is 0 Å². The molecule has 1 aromatic carbocycles. The molecule has 0 unspecified atom stereocenters. The van der Waals surface area contributed by atoms with Gasteiger partial charge in [0.05, 0.1) is 11.3 Å². The van der Waals surface area contributed by atoms with Gasteiger partial charge in [-0.3, -0.25) is 9.59 Å². The molecule has 1 N–H and O–H groups in total. The largest absolute Gasteiger partial charge is 0.455 e. The molecule has 1 amide bonds. The van der Waals surface area contributed by atoms with Crippen molar-refractivity contribution < 1.29 is 14.3 Å². The SMILES string of the molecule is C[C@H]1CCc2c(sc(NC(=O)COC(=O)CSc3ccccc3)c2C#N)C1. The lowest BCUT2D eigenvalue weighted by Crippen LogP contribution is -2.21. The van der Waals surface area contributed by atoms with E-state index in [1.54, 1.807) is 0 Å². The molecule has 0 spiro atoms. The number of rotatable bonds is 6. The standard InChI is InChI=1S/C20H20N2O3S2/c1-13-7-8-15-16(10-21)20(27-17(15)9-13)22-18(23)11-25-19(24)12-26-14-5-3-2-4-6-14/h2-6,13H,7-9,11-12H2,1H3,(H,22,23)/t13-/m0/s1. The minimum absolute atomic E-state index is 0.145. The molecule has 1 aromatic heterocycles. The summed E-state index contributed by atoms with van der Waals surface area (Å²) in [7, 11) is 0. The molecule has 0 bridgehead atoms. The fourth-order valence-corrected chi connectivity index (χ4v) is 5.06. The maximum atomic E-state index is 12.1. The quantitative estimate of drug-likeness (QED) is 0.585. The number of thiophene rings is 1. The molecule has 0 saturated heterocycles. The number of ether oxygens (including phenoxy) is 1. The van der Waals surface area contributed by atoms with Crippen LogP contribution in [0.4, 0.5) is 5.00 Å². The Kier molecular flexibility index (Phi) is 6.54. The van der Waals surface area contributed by atoms with Gasteiger partial charge in [-0.15, -0.1) is 23.1 Å². The number of benzene rings is 1. The highest BCUT2D eigenvalue weighted by atomic mass is 32.2. The predicted molar refractivity (Wildman–Crippen MR) is 107 cm³/mol. The van der Waals surface area contributed by atoms with E-state index < -0.39 is 11.9 Å². The predicted octanol–water partition coefficient (Wildman–Crippen LogP) is 4.02. The van der Waals surface area contributed by atoms with E-state index in [0.29, 0.717) is 16.5 Å². The number of nitriles is 1. The van der Waals surface area contributed by atoms with Gasteiger partial charge in [-0.25, -0.2) is 0 Å². The highest BCUT2D eigenvalue weighted by Crippen LogP contribution is 2.39. The van der Waals surface area contributed by atoms with Crippen molar-refractivity contribution in [2.45, 2.75) is 31.1 Å². The number of fused-ring (bicyclic) bond motifs is 1. The molecule has 27 heavy (non-hydrogen) atoms. The van der Waals surface area contributed by atoms with Gasteiger partial charge in [-0.1, -0.05) is 25.1 Å². The highest BCUT2D eigenvalue weighted by Gasteiger charge is 2.24. The highest BCUT2D eigenvalue weighted by molar-refractivity contribution is 8.00. The van der Waals surface area contributed by atoms with Crippen LogP contribution in [0.25, 0.3) is 0 Å². The summed E-state index contributed by atoms with van der Waals surface area (Å²) < 4.78 is 5.04. The van der Waals surface area contributed by atoms with Gasteiger partial charge in [0.25, 0.3) is 5.91 Å². The Hall–Kier alpha value is -2.30. The molecule has 2 aromatic rings. The second-order valence-corrected chi connectivity index (χ2v) is 8.63. The van der Waals surface area contributed by atoms with E-state index >= 15 is 0 Å². The second-order valence-electron chi connectivity index (χ2n) is 6.48. The second kappa shape index (κ2) is 9.07. The van der Waals surface area contributed by atoms with E-state index in [2.05, 4.69) is 18.3 Å². The molecule has 0 radical (unpaired) electrons. The average molecular weight is 401 g/mol. The van der Waals surface area contributed by atoms with Crippen LogP contribution < -0.4 is 5.32 Å². The van der Waals surface area contributed by atoms with Crippen LogP contribution >= 0.6 is 23.1 Å². The molecule has 1 aliphatic rings. The summed E-state index contributed by atoms with van der Waals surface area (Å²) in [5, 5.41) is 12.8. The summed E-state index contributed by atoms with van der Waals surface area (Å²) in [5.41, 5.74) is 1.62. The maximum absolute atomic E-state index is 12.1. The lowest BCUT2D eigenvalue weighted by Gasteiger charge is -2.17. The number of carbonyl (C=O) groups excluding carboxylic acids is 2. The lowest BCUT2D eigenvalue weighted by molar-refractivity contribution is -0.144. The monoisotopic (exact) mass is 400 g/mol. The van der Waals surface area contributed by atoms with Crippen molar-refractivity contribution >= 4 is 40.0 Å². The Balaban J connectivity index is 1.51. The van der Waals surface area contributed by atoms with Crippen molar-refractivity contribution in [3.05, 3.63) is 46.3 Å². The summed E-state index contributed by atoms with van der Waals surface area (Å²) in [6, 6.07) is 11.7. The van der Waals surface area contributed by atoms with Crippen molar-refractivity contribution in [2.24, 2.45) is 5.92 Å². The fourth-order valence-electron chi connectivity index (χ4n) is 2.97. The lowest BCUT2D eigenvalue weighted by atomic mass is 9.89. The molecule has 1 heterocycles. The molecule has 3 rings (SSSR count). The summed E-state index contributed by atoms with van der Waals surface area (Å²) in [5.74, 6) is -0.129. The normalized spacial score (nSPS) is 15.5. The Morgan fingerprint density at radius 3 is 2.89 bits per heavy atom. The zero-order valence-electron chi connectivity index (χ0n) is 15.0. The Labute approximate surface area is 166 Å². The summed E-state index contributed by atoms with van der Waals surface area (Å²) in [4.78, 5) is 26.1. The smallest absolute Gasteiger partial charge is 0.316 e. The summed E-state index contributed by atoms with van der Waals surface area (Å²) in [6.45, 7) is 1.85. The fraction of sp³-hybridized carbons (Fsp3) is 0.350. The van der Waals surface area contributed by atoms with Crippen molar-refractivity contribution in [1.82, 2.24) is 0 Å². The van der Waals surface area contributed by atoms with E-state index in [9.17, 15) is 14.9 Å². The van der Waals surface area contributed by atoms with Crippen molar-refractivity contribution in [3.8, 4) is 6.07 Å². The van der Waals surface area contributed by atoms with Crippen LogP contribution in [0.5, 0.6) is 0 Å². The molecular formula is C20H20N2O3S2. The molecule has 1 aliphatic carbocycles. The average Bonchev–Trinajstić information content (AvgIpc) is 3.01. The number of nitrogens with one attached hydrogen (secondary N) is 1. The number of anilines is 1. The zero-order valence-corrected chi connectivity index (χ0v) is 16.6. The topological polar surface area (TPSA) is 79.2 Å². The van der Waals surface area contributed by atoms with Crippen LogP contribution in [0.3, 0.4) is 0 Å². The first-order chi connectivity index (χ1) is 13.1. The Morgan fingerprint density at radius 1 is 1.37 bits per heavy atom. The van der Waals surface area contributed by atoms with Gasteiger partial charge < -0.3 is 10.1 Å². The van der Waals surface area contributed by atoms with Crippen LogP contribution in [-0.4, -0.2) is 24.2 Å². The summed E-state index contributed by atoms with van der Waals surface area (Å²) in [6.07, 6.45) is 2.87. The van der Waals surface area contributed by atoms with E-state index in [0.717, 1.165) is 29.7 Å². The molecule has 1 atom stereocenters. The molecule has 5 nitrogen and oxygen atoms in total. The summed E-state index contributed by atoms with van der Waals surface area (Å²) >= 11 is 2.82. The van der Waals surface area contributed by atoms with Gasteiger partial charge >= 0.3 is 5.97 Å². The molecule has 0 aliphatic heterocycles. The number of amides is 1. The molecule has 0 fully saturated rings. The number of thioether (sulfide) groups is 1. The van der Waals surface area contributed by atoms with Gasteiger partial charge in [0, 0.05) is 9.77 Å². The van der Waals surface area contributed by atoms with Gasteiger partial charge in [0.1, 0.15) is 11.1 Å². The van der Waals surface area contributed by atoms with Gasteiger partial charge in [0.2, 0.25) is 0 Å². The van der Waals surface area contributed by atoms with E-state index in [1.807, 2.05) is 30.3 Å². The van der Waals surface area contributed by atoms with Crippen LogP contribution in [0.1, 0.15) is 29.3 Å². The van der Waals surface area contributed by atoms with Crippen molar-refractivity contribution in [1.29, 1.82) is 5.26 Å². The molecule has 0 saturated carbocycles. The third-order valence-corrected chi connectivity index (χ3v) is 6.50. The first-order valence-corrected chi connectivity index (χ1v) is 10.5. The number of carbonyl (C=O) groups is 2. The minimum Gasteiger partial charge on any atom is -0.455 e. The molecular weight excluding hydrogens is 380 g/mol. The third kappa shape index (κ3) is 5.12. The Bertz CT molecular complexity index is 871. The van der Waals surface area contributed by atoms with Crippen LogP contribution in [0.15, 0.2) is 35.2 Å². The van der Waals surface area contributed by atoms with Crippen molar-refractivity contribution in [2.75, 3.05) is 17.7 Å². The molecule has 7 heteroatoms. The van der Waals surface area contributed by atoms with Crippen LogP contribution in [0, 0.1) is 17.2 Å². The van der Waals surface area contributed by atoms with Crippen LogP contribution in [-0.2, 0) is 27.2 Å². The van der Waals surface area contributed by atoms with E-state index in [4.69, 9.17) is 4.74 Å². The Morgan fingerprint density at radius 2 is 2.15 bits per heavy atom. The minimum atomic E-state index is -0.446. The number of hydrogen-bond donors (Lipinski definition) is 1. The first-order valence-electron chi connectivity index (χ1n) is 8.74. The van der Waals surface area contributed by atoms with Gasteiger partial charge in [-0.2, -0.15) is 5.26 Å². The third-order valence-electron chi connectivity index (χ3n) is 4.34. The molecule has 140 valence electrons.